The van der Waals surface area contributed by atoms with Crippen LogP contribution in [0.5, 0.6) is 0 Å². The van der Waals surface area contributed by atoms with Crippen molar-refractivity contribution >= 4 is 6.09 Å². The molecule has 1 fully saturated rings. The van der Waals surface area contributed by atoms with Gasteiger partial charge in [0.2, 0.25) is 0 Å². The topological polar surface area (TPSA) is 29.5 Å². The third-order valence-corrected chi connectivity index (χ3v) is 2.88. The average molecular weight is 185 g/mol. The molecule has 0 aromatic heterocycles. The maximum Gasteiger partial charge on any atom is 0.409 e. The van der Waals surface area contributed by atoms with Gasteiger partial charge < -0.3 is 9.64 Å². The Morgan fingerprint density at radius 2 is 2.23 bits per heavy atom. The quantitative estimate of drug-likeness (QED) is 0.627. The van der Waals surface area contributed by atoms with E-state index in [2.05, 4.69) is 13.8 Å². The van der Waals surface area contributed by atoms with Gasteiger partial charge in [-0.1, -0.05) is 6.92 Å². The molecule has 1 aliphatic heterocycles. The van der Waals surface area contributed by atoms with E-state index in [9.17, 15) is 4.79 Å². The van der Waals surface area contributed by atoms with Crippen LogP contribution in [-0.4, -0.2) is 30.2 Å². The summed E-state index contributed by atoms with van der Waals surface area (Å²) in [5.74, 6) is 0.596. The van der Waals surface area contributed by atoms with Gasteiger partial charge in [-0.2, -0.15) is 0 Å². The fourth-order valence-electron chi connectivity index (χ4n) is 1.80. The standard InChI is InChI=1S/C10H19NO2/c1-4-13-10(12)11-7-5-6-8(2)9(11)3/h8-9H,4-7H2,1-3H3. The molecule has 0 bridgehead atoms. The first-order valence-corrected chi connectivity index (χ1v) is 5.10. The molecule has 0 spiro atoms. The fraction of sp³-hybridized carbons (Fsp3) is 0.900. The first-order valence-electron chi connectivity index (χ1n) is 5.10. The molecule has 2 atom stereocenters. The van der Waals surface area contributed by atoms with Gasteiger partial charge in [-0.3, -0.25) is 0 Å². The zero-order valence-electron chi connectivity index (χ0n) is 8.75. The number of carbonyl (C=O) groups is 1. The molecule has 0 N–H and O–H groups in total. The number of amides is 1. The number of hydrogen-bond donors (Lipinski definition) is 0. The highest BCUT2D eigenvalue weighted by Crippen LogP contribution is 2.23. The molecule has 13 heavy (non-hydrogen) atoms. The van der Waals surface area contributed by atoms with E-state index in [1.54, 1.807) is 0 Å². The average Bonchev–Trinajstić information content (AvgIpc) is 2.10. The van der Waals surface area contributed by atoms with Gasteiger partial charge in [0.25, 0.3) is 0 Å². The normalized spacial score (nSPS) is 28.7. The van der Waals surface area contributed by atoms with E-state index in [1.165, 1.54) is 6.42 Å². The minimum Gasteiger partial charge on any atom is -0.450 e. The van der Waals surface area contributed by atoms with Crippen molar-refractivity contribution in [2.75, 3.05) is 13.2 Å². The molecule has 0 saturated carbocycles. The van der Waals surface area contributed by atoms with Crippen LogP contribution in [0.2, 0.25) is 0 Å². The van der Waals surface area contributed by atoms with E-state index < -0.39 is 0 Å². The van der Waals surface area contributed by atoms with E-state index in [0.29, 0.717) is 18.6 Å². The molecular weight excluding hydrogens is 166 g/mol. The molecule has 1 heterocycles. The second-order valence-electron chi connectivity index (χ2n) is 3.75. The van der Waals surface area contributed by atoms with Gasteiger partial charge in [-0.25, -0.2) is 4.79 Å². The van der Waals surface area contributed by atoms with Gasteiger partial charge in [-0.05, 0) is 32.6 Å². The number of nitrogens with zero attached hydrogens (tertiary/aromatic N) is 1. The summed E-state index contributed by atoms with van der Waals surface area (Å²) in [5.41, 5.74) is 0. The number of rotatable bonds is 1. The summed E-state index contributed by atoms with van der Waals surface area (Å²) in [6.07, 6.45) is 2.17. The Labute approximate surface area is 80.1 Å². The molecule has 0 aromatic carbocycles. The lowest BCUT2D eigenvalue weighted by atomic mass is 9.92. The number of hydrogen-bond acceptors (Lipinski definition) is 2. The van der Waals surface area contributed by atoms with Gasteiger partial charge >= 0.3 is 6.09 Å². The predicted molar refractivity (Wildman–Crippen MR) is 51.6 cm³/mol. The summed E-state index contributed by atoms with van der Waals surface area (Å²) in [7, 11) is 0. The molecule has 0 radical (unpaired) electrons. The van der Waals surface area contributed by atoms with Crippen LogP contribution in [-0.2, 0) is 4.74 Å². The third-order valence-electron chi connectivity index (χ3n) is 2.88. The lowest BCUT2D eigenvalue weighted by Gasteiger charge is -2.36. The minimum absolute atomic E-state index is 0.151. The third kappa shape index (κ3) is 2.36. The van der Waals surface area contributed by atoms with Crippen molar-refractivity contribution < 1.29 is 9.53 Å². The van der Waals surface area contributed by atoms with Crippen LogP contribution in [0, 0.1) is 5.92 Å². The number of carbonyl (C=O) groups excluding carboxylic acids is 1. The fourth-order valence-corrected chi connectivity index (χ4v) is 1.80. The molecule has 3 nitrogen and oxygen atoms in total. The van der Waals surface area contributed by atoms with E-state index in [1.807, 2.05) is 11.8 Å². The number of likely N-dealkylation sites (tertiary alicyclic amines) is 1. The molecule has 0 aromatic rings. The second-order valence-corrected chi connectivity index (χ2v) is 3.75. The van der Waals surface area contributed by atoms with Gasteiger partial charge in [0.05, 0.1) is 6.61 Å². The van der Waals surface area contributed by atoms with Gasteiger partial charge in [0.15, 0.2) is 0 Å². The van der Waals surface area contributed by atoms with Crippen LogP contribution in [0.1, 0.15) is 33.6 Å². The Morgan fingerprint density at radius 1 is 1.54 bits per heavy atom. The highest BCUT2D eigenvalue weighted by atomic mass is 16.6. The van der Waals surface area contributed by atoms with Crippen LogP contribution >= 0.6 is 0 Å². The van der Waals surface area contributed by atoms with Crippen molar-refractivity contribution in [2.45, 2.75) is 39.7 Å². The monoisotopic (exact) mass is 185 g/mol. The maximum absolute atomic E-state index is 11.5. The molecule has 1 rings (SSSR count). The Kier molecular flexibility index (Phi) is 3.58. The summed E-state index contributed by atoms with van der Waals surface area (Å²) in [4.78, 5) is 13.3. The van der Waals surface area contributed by atoms with Gasteiger partial charge in [-0.15, -0.1) is 0 Å². The van der Waals surface area contributed by atoms with Crippen LogP contribution in [0.15, 0.2) is 0 Å². The lowest BCUT2D eigenvalue weighted by Crippen LogP contribution is -2.46. The van der Waals surface area contributed by atoms with E-state index in [4.69, 9.17) is 4.74 Å². The minimum atomic E-state index is -0.151. The van der Waals surface area contributed by atoms with Crippen LogP contribution < -0.4 is 0 Å². The van der Waals surface area contributed by atoms with Crippen LogP contribution in [0.25, 0.3) is 0 Å². The SMILES string of the molecule is CCOC(=O)N1CCCC(C)C1C. The molecule has 76 valence electrons. The first-order chi connectivity index (χ1) is 6.16. The van der Waals surface area contributed by atoms with Crippen molar-refractivity contribution in [3.05, 3.63) is 0 Å². The van der Waals surface area contributed by atoms with Crippen molar-refractivity contribution in [2.24, 2.45) is 5.92 Å². The molecule has 0 aliphatic carbocycles. The summed E-state index contributed by atoms with van der Waals surface area (Å²) >= 11 is 0. The molecule has 3 heteroatoms. The van der Waals surface area contributed by atoms with Crippen LogP contribution in [0.4, 0.5) is 4.79 Å². The lowest BCUT2D eigenvalue weighted by molar-refractivity contribution is 0.0651. The summed E-state index contributed by atoms with van der Waals surface area (Å²) < 4.78 is 4.99. The Bertz CT molecular complexity index is 182. The van der Waals surface area contributed by atoms with Crippen molar-refractivity contribution in [3.8, 4) is 0 Å². The second kappa shape index (κ2) is 4.49. The smallest absolute Gasteiger partial charge is 0.409 e. The van der Waals surface area contributed by atoms with E-state index in [-0.39, 0.29) is 6.09 Å². The van der Waals surface area contributed by atoms with Gasteiger partial charge in [0, 0.05) is 12.6 Å². The first kappa shape index (κ1) is 10.4. The van der Waals surface area contributed by atoms with E-state index in [0.717, 1.165) is 13.0 Å². The highest BCUT2D eigenvalue weighted by molar-refractivity contribution is 5.68. The summed E-state index contributed by atoms with van der Waals surface area (Å²) in [6, 6.07) is 0.327. The number of piperidine rings is 1. The number of ether oxygens (including phenoxy) is 1. The predicted octanol–water partition coefficient (Wildman–Crippen LogP) is 2.26. The molecule has 1 amide bonds. The Morgan fingerprint density at radius 3 is 2.85 bits per heavy atom. The molecule has 2 unspecified atom stereocenters. The van der Waals surface area contributed by atoms with Crippen LogP contribution in [0.3, 0.4) is 0 Å². The molecule has 1 saturated heterocycles. The van der Waals surface area contributed by atoms with Gasteiger partial charge in [0.1, 0.15) is 0 Å². The van der Waals surface area contributed by atoms with E-state index >= 15 is 0 Å². The Hall–Kier alpha value is -0.730. The Balaban J connectivity index is 2.52. The summed E-state index contributed by atoms with van der Waals surface area (Å²) in [5, 5.41) is 0. The maximum atomic E-state index is 11.5. The molecular formula is C10H19NO2. The zero-order chi connectivity index (χ0) is 9.84. The molecule has 1 aliphatic rings. The summed E-state index contributed by atoms with van der Waals surface area (Å²) in [6.45, 7) is 7.45. The zero-order valence-corrected chi connectivity index (χ0v) is 8.75. The highest BCUT2D eigenvalue weighted by Gasteiger charge is 2.28. The largest absolute Gasteiger partial charge is 0.450 e. The van der Waals surface area contributed by atoms with Crippen molar-refractivity contribution in [3.63, 3.8) is 0 Å². The van der Waals surface area contributed by atoms with Crippen molar-refractivity contribution in [1.82, 2.24) is 4.90 Å². The van der Waals surface area contributed by atoms with Crippen molar-refractivity contribution in [1.29, 1.82) is 0 Å².